The van der Waals surface area contributed by atoms with E-state index in [1.165, 1.54) is 18.2 Å². The molecule has 7 nitrogen and oxygen atoms in total. The number of rotatable bonds is 8. The average molecular weight is 374 g/mol. The molecule has 0 unspecified atom stereocenters. The Hall–Kier alpha value is -1.64. The van der Waals surface area contributed by atoms with Gasteiger partial charge in [0.05, 0.1) is 11.6 Å². The quantitative estimate of drug-likeness (QED) is 0.633. The topological polar surface area (TPSA) is 104 Å². The Kier molecular flexibility index (Phi) is 6.20. The van der Waals surface area contributed by atoms with Crippen LogP contribution in [0.1, 0.15) is 36.5 Å². The second-order valence-electron chi connectivity index (χ2n) is 5.57. The van der Waals surface area contributed by atoms with Crippen molar-refractivity contribution in [2.45, 2.75) is 37.1 Å². The highest BCUT2D eigenvalue weighted by Crippen LogP contribution is 2.26. The zero-order valence-electron chi connectivity index (χ0n) is 13.3. The first-order valence-corrected chi connectivity index (χ1v) is 9.56. The molecular weight excluding hydrogens is 354 g/mol. The lowest BCUT2D eigenvalue weighted by molar-refractivity contribution is -0.120. The van der Waals surface area contributed by atoms with Crippen molar-refractivity contribution >= 4 is 33.4 Å². The second-order valence-corrected chi connectivity index (χ2v) is 7.66. The van der Waals surface area contributed by atoms with Gasteiger partial charge in [-0.15, -0.1) is 0 Å². The van der Waals surface area contributed by atoms with Crippen molar-refractivity contribution in [3.8, 4) is 0 Å². The zero-order valence-corrected chi connectivity index (χ0v) is 14.8. The molecule has 0 heterocycles. The normalized spacial score (nSPS) is 14.2. The Labute approximate surface area is 146 Å². The standard InChI is InChI=1S/C15H20ClN3O4S/c1-2-7-17-14(20)9-18-15(21)10-3-6-12(16)13(8-10)24(22,23)19-11-4-5-11/h3,6,8,11,19H,2,4-5,7,9H2,1H3,(H,17,20)(H,18,21). The van der Waals surface area contributed by atoms with Crippen LogP contribution in [0.4, 0.5) is 0 Å². The minimum atomic E-state index is -3.77. The molecule has 0 atom stereocenters. The number of sulfonamides is 1. The van der Waals surface area contributed by atoms with Gasteiger partial charge in [-0.2, -0.15) is 0 Å². The molecule has 0 bridgehead atoms. The summed E-state index contributed by atoms with van der Waals surface area (Å²) in [6, 6.07) is 3.92. The van der Waals surface area contributed by atoms with E-state index in [2.05, 4.69) is 15.4 Å². The second kappa shape index (κ2) is 7.96. The van der Waals surface area contributed by atoms with Gasteiger partial charge in [0.25, 0.3) is 5.91 Å². The van der Waals surface area contributed by atoms with E-state index in [1.807, 2.05) is 6.92 Å². The highest BCUT2D eigenvalue weighted by atomic mass is 35.5. The summed E-state index contributed by atoms with van der Waals surface area (Å²) in [5, 5.41) is 5.12. The molecule has 1 fully saturated rings. The van der Waals surface area contributed by atoms with Crippen LogP contribution < -0.4 is 15.4 Å². The van der Waals surface area contributed by atoms with E-state index in [1.54, 1.807) is 0 Å². The highest BCUT2D eigenvalue weighted by molar-refractivity contribution is 7.89. The van der Waals surface area contributed by atoms with E-state index in [0.717, 1.165) is 19.3 Å². The molecule has 132 valence electrons. The average Bonchev–Trinajstić information content (AvgIpc) is 3.34. The molecule has 1 aromatic carbocycles. The summed E-state index contributed by atoms with van der Waals surface area (Å²) >= 11 is 5.96. The minimum absolute atomic E-state index is 0.0420. The molecule has 1 aromatic rings. The van der Waals surface area contributed by atoms with Gasteiger partial charge in [0.1, 0.15) is 4.90 Å². The van der Waals surface area contributed by atoms with E-state index in [0.29, 0.717) is 6.54 Å². The number of carbonyl (C=O) groups excluding carboxylic acids is 2. The summed E-state index contributed by atoms with van der Waals surface area (Å²) in [6.07, 6.45) is 2.39. The van der Waals surface area contributed by atoms with E-state index in [9.17, 15) is 18.0 Å². The van der Waals surface area contributed by atoms with Crippen molar-refractivity contribution in [2.75, 3.05) is 13.1 Å². The van der Waals surface area contributed by atoms with Crippen molar-refractivity contribution in [1.29, 1.82) is 0 Å². The molecule has 1 aliphatic carbocycles. The fourth-order valence-corrected chi connectivity index (χ4v) is 3.75. The number of nitrogens with one attached hydrogen (secondary N) is 3. The van der Waals surface area contributed by atoms with Crippen LogP contribution >= 0.6 is 11.6 Å². The number of hydrogen-bond acceptors (Lipinski definition) is 4. The molecule has 0 radical (unpaired) electrons. The van der Waals surface area contributed by atoms with Crippen LogP contribution in [0.5, 0.6) is 0 Å². The Morgan fingerprint density at radius 3 is 2.58 bits per heavy atom. The molecule has 1 saturated carbocycles. The summed E-state index contributed by atoms with van der Waals surface area (Å²) < 4.78 is 27.1. The largest absolute Gasteiger partial charge is 0.355 e. The molecule has 2 rings (SSSR count). The van der Waals surface area contributed by atoms with Crippen LogP contribution in [-0.2, 0) is 14.8 Å². The van der Waals surface area contributed by atoms with Crippen LogP contribution in [0.2, 0.25) is 5.02 Å². The van der Waals surface area contributed by atoms with Crippen molar-refractivity contribution in [1.82, 2.24) is 15.4 Å². The van der Waals surface area contributed by atoms with Gasteiger partial charge in [-0.05, 0) is 37.5 Å². The maximum Gasteiger partial charge on any atom is 0.251 e. The first kappa shape index (κ1) is 18.7. The number of benzene rings is 1. The predicted molar refractivity (Wildman–Crippen MR) is 90.4 cm³/mol. The van der Waals surface area contributed by atoms with Gasteiger partial charge in [-0.3, -0.25) is 9.59 Å². The van der Waals surface area contributed by atoms with E-state index >= 15 is 0 Å². The van der Waals surface area contributed by atoms with Crippen LogP contribution in [0.15, 0.2) is 23.1 Å². The molecule has 24 heavy (non-hydrogen) atoms. The first-order valence-electron chi connectivity index (χ1n) is 7.70. The van der Waals surface area contributed by atoms with E-state index in [-0.39, 0.29) is 34.0 Å². The molecule has 0 aromatic heterocycles. The summed E-state index contributed by atoms with van der Waals surface area (Å²) in [6.45, 7) is 2.28. The van der Waals surface area contributed by atoms with Crippen LogP contribution in [0.3, 0.4) is 0 Å². The van der Waals surface area contributed by atoms with Crippen molar-refractivity contribution in [3.05, 3.63) is 28.8 Å². The molecule has 0 saturated heterocycles. The van der Waals surface area contributed by atoms with Gasteiger partial charge in [-0.1, -0.05) is 18.5 Å². The van der Waals surface area contributed by atoms with Crippen LogP contribution in [-0.4, -0.2) is 39.4 Å². The third kappa shape index (κ3) is 5.19. The number of amides is 2. The Morgan fingerprint density at radius 1 is 1.25 bits per heavy atom. The number of hydrogen-bond donors (Lipinski definition) is 3. The maximum absolute atomic E-state index is 12.3. The zero-order chi connectivity index (χ0) is 17.7. The molecule has 1 aliphatic rings. The third-order valence-corrected chi connectivity index (χ3v) is 5.37. The van der Waals surface area contributed by atoms with Crippen LogP contribution in [0, 0.1) is 0 Å². The molecule has 3 N–H and O–H groups in total. The summed E-state index contributed by atoms with van der Waals surface area (Å²) in [7, 11) is -3.77. The van der Waals surface area contributed by atoms with Gasteiger partial charge in [0.2, 0.25) is 15.9 Å². The summed E-state index contributed by atoms with van der Waals surface area (Å²) in [5.41, 5.74) is 0.124. The summed E-state index contributed by atoms with van der Waals surface area (Å²) in [5.74, 6) is -0.844. The maximum atomic E-state index is 12.3. The number of halogens is 1. The van der Waals surface area contributed by atoms with Gasteiger partial charge < -0.3 is 10.6 Å². The van der Waals surface area contributed by atoms with Crippen molar-refractivity contribution in [2.24, 2.45) is 0 Å². The SMILES string of the molecule is CCCNC(=O)CNC(=O)c1ccc(Cl)c(S(=O)(=O)NC2CC2)c1. The van der Waals surface area contributed by atoms with Gasteiger partial charge in [-0.25, -0.2) is 13.1 Å². The fourth-order valence-electron chi connectivity index (χ4n) is 1.92. The lowest BCUT2D eigenvalue weighted by Crippen LogP contribution is -2.37. The van der Waals surface area contributed by atoms with Gasteiger partial charge in [0.15, 0.2) is 0 Å². The Morgan fingerprint density at radius 2 is 1.96 bits per heavy atom. The van der Waals surface area contributed by atoms with Crippen molar-refractivity contribution < 1.29 is 18.0 Å². The Bertz CT molecular complexity index is 732. The first-order chi connectivity index (χ1) is 11.3. The smallest absolute Gasteiger partial charge is 0.251 e. The lowest BCUT2D eigenvalue weighted by atomic mass is 10.2. The third-order valence-electron chi connectivity index (χ3n) is 3.36. The molecule has 0 spiro atoms. The minimum Gasteiger partial charge on any atom is -0.355 e. The fraction of sp³-hybridized carbons (Fsp3) is 0.467. The Balaban J connectivity index is 2.06. The monoisotopic (exact) mass is 373 g/mol. The van der Waals surface area contributed by atoms with E-state index < -0.39 is 15.9 Å². The molecule has 0 aliphatic heterocycles. The summed E-state index contributed by atoms with van der Waals surface area (Å²) in [4.78, 5) is 23.5. The van der Waals surface area contributed by atoms with Gasteiger partial charge in [0, 0.05) is 18.2 Å². The van der Waals surface area contributed by atoms with Crippen LogP contribution in [0.25, 0.3) is 0 Å². The predicted octanol–water partition coefficient (Wildman–Crippen LogP) is 1.04. The lowest BCUT2D eigenvalue weighted by Gasteiger charge is -2.10. The molecular formula is C15H20ClN3O4S. The van der Waals surface area contributed by atoms with E-state index in [4.69, 9.17) is 11.6 Å². The van der Waals surface area contributed by atoms with Crippen molar-refractivity contribution in [3.63, 3.8) is 0 Å². The molecule has 9 heteroatoms. The molecule has 2 amide bonds. The highest BCUT2D eigenvalue weighted by Gasteiger charge is 2.29. The van der Waals surface area contributed by atoms with Gasteiger partial charge >= 0.3 is 0 Å². The number of carbonyl (C=O) groups is 2.